The third-order valence-electron chi connectivity index (χ3n) is 11.4. The summed E-state index contributed by atoms with van der Waals surface area (Å²) in [4.78, 5) is 2.91. The lowest BCUT2D eigenvalue weighted by Crippen LogP contribution is -2.68. The molecule has 4 saturated heterocycles. The molecule has 14 nitrogen and oxygen atoms in total. The third kappa shape index (κ3) is 10.8. The third-order valence-corrected chi connectivity index (χ3v) is 11.4. The monoisotopic (exact) mass is 857 g/mol. The number of rotatable bonds is 17. The van der Waals surface area contributed by atoms with Crippen molar-refractivity contribution in [2.24, 2.45) is 5.11 Å². The van der Waals surface area contributed by atoms with Gasteiger partial charge in [-0.3, -0.25) is 0 Å². The van der Waals surface area contributed by atoms with Gasteiger partial charge in [0.2, 0.25) is 0 Å². The van der Waals surface area contributed by atoms with Crippen LogP contribution in [0.4, 0.5) is 0 Å². The van der Waals surface area contributed by atoms with Gasteiger partial charge in [0, 0.05) is 22.6 Å². The predicted octanol–water partition coefficient (Wildman–Crippen LogP) is 8.13. The molecule has 0 N–H and O–H groups in total. The number of benzene rings is 5. The number of azide groups is 1. The van der Waals surface area contributed by atoms with Gasteiger partial charge >= 0.3 is 0 Å². The second-order valence-corrected chi connectivity index (χ2v) is 15.6. The van der Waals surface area contributed by atoms with Crippen LogP contribution in [-0.2, 0) is 71.9 Å². The molecule has 5 aromatic carbocycles. The number of ether oxygens (including phenoxy) is 11. The van der Waals surface area contributed by atoms with Crippen molar-refractivity contribution >= 4 is 0 Å². The van der Waals surface area contributed by atoms with Crippen LogP contribution in [-0.4, -0.2) is 87.8 Å². The molecule has 63 heavy (non-hydrogen) atoms. The highest BCUT2D eigenvalue weighted by Crippen LogP contribution is 2.41. The van der Waals surface area contributed by atoms with Gasteiger partial charge < -0.3 is 52.1 Å². The molecule has 0 bridgehead atoms. The zero-order valence-corrected chi connectivity index (χ0v) is 34.6. The molecule has 328 valence electrons. The minimum atomic E-state index is -1.09. The molecule has 4 fully saturated rings. The van der Waals surface area contributed by atoms with Gasteiger partial charge in [-0.15, -0.1) is 0 Å². The Morgan fingerprint density at radius 1 is 0.476 bits per heavy atom. The maximum atomic E-state index is 9.08. The summed E-state index contributed by atoms with van der Waals surface area (Å²) in [5, 5.41) is 3.70. The molecule has 0 spiro atoms. The van der Waals surface area contributed by atoms with Crippen molar-refractivity contribution in [1.29, 1.82) is 0 Å². The lowest BCUT2D eigenvalue weighted by atomic mass is 9.95. The summed E-state index contributed by atoms with van der Waals surface area (Å²) in [5.74, 6) is 0. The average Bonchev–Trinajstić information content (AvgIpc) is 3.35. The van der Waals surface area contributed by atoms with E-state index in [4.69, 9.17) is 57.6 Å². The quantitative estimate of drug-likeness (QED) is 0.0386. The van der Waals surface area contributed by atoms with Gasteiger partial charge in [0.15, 0.2) is 25.2 Å². The van der Waals surface area contributed by atoms with Crippen molar-refractivity contribution in [3.05, 3.63) is 190 Å². The average molecular weight is 858 g/mol. The molecule has 4 aliphatic rings. The second kappa shape index (κ2) is 21.6. The van der Waals surface area contributed by atoms with Crippen LogP contribution < -0.4 is 0 Å². The topological polar surface area (TPSA) is 150 Å². The van der Waals surface area contributed by atoms with Crippen LogP contribution in [0.25, 0.3) is 10.4 Å². The Morgan fingerprint density at radius 2 is 0.889 bits per heavy atom. The van der Waals surface area contributed by atoms with E-state index in [2.05, 4.69) is 10.0 Å². The van der Waals surface area contributed by atoms with E-state index in [1.54, 1.807) is 0 Å². The first-order valence-corrected chi connectivity index (χ1v) is 21.4. The van der Waals surface area contributed by atoms with Crippen LogP contribution in [0.15, 0.2) is 157 Å². The summed E-state index contributed by atoms with van der Waals surface area (Å²) in [6, 6.07) is 49.3. The lowest BCUT2D eigenvalue weighted by Gasteiger charge is -2.52. The molecule has 4 aliphatic heterocycles. The summed E-state index contributed by atoms with van der Waals surface area (Å²) >= 11 is 0. The lowest BCUT2D eigenvalue weighted by molar-refractivity contribution is -0.413. The van der Waals surface area contributed by atoms with E-state index >= 15 is 0 Å². The Kier molecular flexibility index (Phi) is 14.8. The molecule has 5 aromatic rings. The fourth-order valence-corrected chi connectivity index (χ4v) is 8.31. The van der Waals surface area contributed by atoms with Gasteiger partial charge in [0.25, 0.3) is 0 Å². The van der Waals surface area contributed by atoms with E-state index in [0.29, 0.717) is 0 Å². The zero-order chi connectivity index (χ0) is 42.6. The first kappa shape index (κ1) is 43.2. The number of hydrogen-bond acceptors (Lipinski definition) is 12. The highest BCUT2D eigenvalue weighted by Gasteiger charge is 2.57. The summed E-state index contributed by atoms with van der Waals surface area (Å²) in [6.07, 6.45) is -9.33. The Labute approximate surface area is 366 Å². The minimum Gasteiger partial charge on any atom is -0.368 e. The first-order chi connectivity index (χ1) is 31.2. The second-order valence-electron chi connectivity index (χ2n) is 15.6. The van der Waals surface area contributed by atoms with Crippen LogP contribution >= 0.6 is 0 Å². The minimum absolute atomic E-state index is 0.0429. The summed E-state index contributed by atoms with van der Waals surface area (Å²) < 4.78 is 73.9. The fourth-order valence-electron chi connectivity index (χ4n) is 8.31. The highest BCUT2D eigenvalue weighted by atomic mass is 16.8. The Balaban J connectivity index is 1.07. The van der Waals surface area contributed by atoms with Crippen molar-refractivity contribution in [3.63, 3.8) is 0 Å². The van der Waals surface area contributed by atoms with Gasteiger partial charge in [0.1, 0.15) is 48.8 Å². The standard InChI is InChI=1S/C49H51N3O11/c50-52-51-26-27-53-48-45(43(55-29-34-18-8-2-9-19-34)41-38(59-48)31-57-47(62-41)37-24-14-5-15-25-37)63-49-44(56-30-35-20-10-3-11-21-35)42(54-28-33-16-6-1-7-17-33)40-39(60-49)32-58-46(61-40)36-22-12-4-13-23-36/h1-25,38-49H,26-32H2/t38-,39-,40-,41-,42+,43+,44+,45+,46?,47?,48-,49+/m1/s1. The van der Waals surface area contributed by atoms with E-state index in [1.165, 1.54) is 0 Å². The van der Waals surface area contributed by atoms with E-state index < -0.39 is 74.0 Å². The zero-order valence-electron chi connectivity index (χ0n) is 34.6. The molecule has 9 rings (SSSR count). The molecular weight excluding hydrogens is 807 g/mol. The van der Waals surface area contributed by atoms with Crippen LogP contribution in [0.5, 0.6) is 0 Å². The van der Waals surface area contributed by atoms with E-state index in [1.807, 2.05) is 152 Å². The highest BCUT2D eigenvalue weighted by molar-refractivity contribution is 5.19. The molecular formula is C49H51N3O11. The summed E-state index contributed by atoms with van der Waals surface area (Å²) in [7, 11) is 0. The molecule has 0 amide bonds. The van der Waals surface area contributed by atoms with Gasteiger partial charge in [-0.25, -0.2) is 0 Å². The van der Waals surface area contributed by atoms with Crippen molar-refractivity contribution < 1.29 is 52.1 Å². The number of fused-ring (bicyclic) bond motifs is 2. The molecule has 0 aliphatic carbocycles. The SMILES string of the molecule is [N-]=[N+]=NCCO[C@@H]1O[C@@H]2COC(c3ccccc3)O[C@H]2[C@H](OCc2ccccc2)[C@@H]1O[C@@H]1O[C@@H]2COC(c3ccccc3)O[C@H]2[C@H](OCc2ccccc2)[C@@H]1OCc1ccccc1. The van der Waals surface area contributed by atoms with E-state index in [0.717, 1.165) is 27.8 Å². The molecule has 14 heteroatoms. The van der Waals surface area contributed by atoms with Gasteiger partial charge in [-0.2, -0.15) is 0 Å². The van der Waals surface area contributed by atoms with Crippen LogP contribution in [0.3, 0.4) is 0 Å². The first-order valence-electron chi connectivity index (χ1n) is 21.4. The van der Waals surface area contributed by atoms with Crippen LogP contribution in [0.2, 0.25) is 0 Å². The summed E-state index contributed by atoms with van der Waals surface area (Å²) in [6.45, 7) is 1.21. The largest absolute Gasteiger partial charge is 0.368 e. The Morgan fingerprint density at radius 3 is 1.35 bits per heavy atom. The van der Waals surface area contributed by atoms with Gasteiger partial charge in [-0.05, 0) is 22.2 Å². The van der Waals surface area contributed by atoms with Crippen LogP contribution in [0, 0.1) is 0 Å². The Bertz CT molecular complexity index is 2170. The smallest absolute Gasteiger partial charge is 0.187 e. The molecule has 0 aromatic heterocycles. The van der Waals surface area contributed by atoms with Crippen molar-refractivity contribution in [2.45, 2.75) is 93.8 Å². The Hall–Kier alpha value is -5.03. The maximum Gasteiger partial charge on any atom is 0.187 e. The normalized spacial score (nSPS) is 30.3. The van der Waals surface area contributed by atoms with Crippen molar-refractivity contribution in [1.82, 2.24) is 0 Å². The van der Waals surface area contributed by atoms with Gasteiger partial charge in [0.05, 0.1) is 39.6 Å². The van der Waals surface area contributed by atoms with Crippen molar-refractivity contribution in [2.75, 3.05) is 26.4 Å². The van der Waals surface area contributed by atoms with Crippen molar-refractivity contribution in [3.8, 4) is 0 Å². The molecule has 4 heterocycles. The molecule has 2 unspecified atom stereocenters. The predicted molar refractivity (Wildman–Crippen MR) is 227 cm³/mol. The van der Waals surface area contributed by atoms with Crippen LogP contribution in [0.1, 0.15) is 40.4 Å². The van der Waals surface area contributed by atoms with Gasteiger partial charge in [-0.1, -0.05) is 157 Å². The van der Waals surface area contributed by atoms with E-state index in [9.17, 15) is 0 Å². The van der Waals surface area contributed by atoms with E-state index in [-0.39, 0.29) is 46.2 Å². The fraction of sp³-hybridized carbons (Fsp3) is 0.388. The number of hydrogen-bond donors (Lipinski definition) is 0. The molecule has 12 atom stereocenters. The number of nitrogens with zero attached hydrogens (tertiary/aromatic N) is 3. The molecule has 0 saturated carbocycles. The molecule has 0 radical (unpaired) electrons. The summed E-state index contributed by atoms with van der Waals surface area (Å²) in [5.41, 5.74) is 13.7. The maximum absolute atomic E-state index is 9.08.